The summed E-state index contributed by atoms with van der Waals surface area (Å²) in [7, 11) is 1.48. The van der Waals surface area contributed by atoms with Gasteiger partial charge in [0.25, 0.3) is 5.91 Å². The van der Waals surface area contributed by atoms with Gasteiger partial charge in [0, 0.05) is 18.9 Å². The van der Waals surface area contributed by atoms with Crippen LogP contribution in [0.25, 0.3) is 0 Å². The number of nitrogens with zero attached hydrogens (tertiary/aromatic N) is 1. The molecule has 1 atom stereocenters. The van der Waals surface area contributed by atoms with Gasteiger partial charge in [-0.3, -0.25) is 9.59 Å². The van der Waals surface area contributed by atoms with Crippen LogP contribution in [0.15, 0.2) is 21.7 Å². The lowest BCUT2D eigenvalue weighted by atomic mass is 10.2. The molecule has 0 saturated heterocycles. The summed E-state index contributed by atoms with van der Waals surface area (Å²) in [6.07, 6.45) is 3.21. The second-order valence-corrected chi connectivity index (χ2v) is 7.20. The van der Waals surface area contributed by atoms with E-state index in [0.29, 0.717) is 17.0 Å². The van der Waals surface area contributed by atoms with Gasteiger partial charge in [-0.25, -0.2) is 4.21 Å². The molecule has 2 aliphatic heterocycles. The lowest BCUT2D eigenvalue weighted by Gasteiger charge is -2.10. The van der Waals surface area contributed by atoms with Crippen LogP contribution in [0.4, 0.5) is 0 Å². The number of rotatable bonds is 5. The molecule has 0 spiro atoms. The monoisotopic (exact) mass is 300 g/mol. The Bertz CT molecular complexity index is 511. The van der Waals surface area contributed by atoms with E-state index in [0.717, 1.165) is 30.1 Å². The molecule has 0 radical (unpaired) electrons. The summed E-state index contributed by atoms with van der Waals surface area (Å²) in [6.45, 7) is 2.06. The molecule has 1 unspecified atom stereocenters. The van der Waals surface area contributed by atoms with Gasteiger partial charge >= 0.3 is 0 Å². The molecule has 104 valence electrons. The van der Waals surface area contributed by atoms with Crippen molar-refractivity contribution in [2.24, 2.45) is 0 Å². The van der Waals surface area contributed by atoms with E-state index in [4.69, 9.17) is 0 Å². The maximum absolute atomic E-state index is 12.0. The summed E-state index contributed by atoms with van der Waals surface area (Å²) >= 11 is 0. The number of likely N-dealkylation sites (N-methyl/N-ethyl adjacent to an activating group) is 1. The second-order valence-electron chi connectivity index (χ2n) is 4.41. The Hall–Kier alpha value is -1.08. The highest BCUT2D eigenvalue weighted by atomic mass is 33.1. The first-order valence-electron chi connectivity index (χ1n) is 6.18. The van der Waals surface area contributed by atoms with Crippen LogP contribution in [-0.4, -0.2) is 28.0 Å². The molecule has 2 aliphatic rings. The van der Waals surface area contributed by atoms with Gasteiger partial charge in [-0.05, 0) is 17.2 Å². The number of nitrogens with one attached hydrogen (secondary N) is 1. The Labute approximate surface area is 118 Å². The molecule has 0 bridgehead atoms. The molecule has 2 amide bonds. The number of fused-ring (bicyclic) bond motifs is 1. The SMILES string of the molecule is CCCCCC(=O)NC1=C2C(=CSS2=O)N(C)C1=O. The van der Waals surface area contributed by atoms with Gasteiger partial charge in [-0.15, -0.1) is 0 Å². The van der Waals surface area contributed by atoms with Crippen molar-refractivity contribution in [1.29, 1.82) is 0 Å². The highest BCUT2D eigenvalue weighted by Crippen LogP contribution is 2.41. The van der Waals surface area contributed by atoms with Crippen molar-refractivity contribution in [3.8, 4) is 0 Å². The topological polar surface area (TPSA) is 66.5 Å². The van der Waals surface area contributed by atoms with Crippen molar-refractivity contribution >= 4 is 32.4 Å². The van der Waals surface area contributed by atoms with Crippen molar-refractivity contribution in [1.82, 2.24) is 10.2 Å². The standard InChI is InChI=1S/C12H16N2O3S2/c1-3-4-5-6-9(15)13-10-11-8(7-18-19(11)17)14(2)12(10)16/h7H,3-6H2,1-2H3,(H,13,15). The summed E-state index contributed by atoms with van der Waals surface area (Å²) in [5, 5.41) is 4.32. The van der Waals surface area contributed by atoms with E-state index < -0.39 is 9.83 Å². The van der Waals surface area contributed by atoms with Crippen molar-refractivity contribution in [3.63, 3.8) is 0 Å². The van der Waals surface area contributed by atoms with E-state index in [1.807, 2.05) is 0 Å². The molecule has 0 fully saturated rings. The Morgan fingerprint density at radius 3 is 2.89 bits per heavy atom. The van der Waals surface area contributed by atoms with E-state index in [2.05, 4.69) is 12.2 Å². The van der Waals surface area contributed by atoms with E-state index >= 15 is 0 Å². The Morgan fingerprint density at radius 1 is 1.47 bits per heavy atom. The van der Waals surface area contributed by atoms with Gasteiger partial charge in [0.15, 0.2) is 0 Å². The van der Waals surface area contributed by atoms with Crippen LogP contribution >= 0.6 is 10.8 Å². The first kappa shape index (κ1) is 14.3. The molecule has 2 rings (SSSR count). The van der Waals surface area contributed by atoms with Gasteiger partial charge in [0.1, 0.15) is 20.4 Å². The molecule has 0 aromatic carbocycles. The summed E-state index contributed by atoms with van der Waals surface area (Å²) in [5.74, 6) is -0.480. The van der Waals surface area contributed by atoms with E-state index in [9.17, 15) is 13.8 Å². The molecule has 0 aromatic heterocycles. The lowest BCUT2D eigenvalue weighted by molar-refractivity contribution is -0.126. The minimum absolute atomic E-state index is 0.179. The number of hydrogen-bond acceptors (Lipinski definition) is 4. The molecule has 0 aliphatic carbocycles. The number of amides is 2. The fourth-order valence-electron chi connectivity index (χ4n) is 1.94. The van der Waals surface area contributed by atoms with Crippen LogP contribution in [0.5, 0.6) is 0 Å². The largest absolute Gasteiger partial charge is 0.320 e. The van der Waals surface area contributed by atoms with Crippen molar-refractivity contribution < 1.29 is 13.8 Å². The molecular weight excluding hydrogens is 284 g/mol. The zero-order valence-electron chi connectivity index (χ0n) is 10.9. The third-order valence-electron chi connectivity index (χ3n) is 3.03. The van der Waals surface area contributed by atoms with Gasteiger partial charge in [0.05, 0.1) is 5.70 Å². The predicted molar refractivity (Wildman–Crippen MR) is 75.9 cm³/mol. The smallest absolute Gasteiger partial charge is 0.275 e. The molecule has 0 aromatic rings. The highest BCUT2D eigenvalue weighted by Gasteiger charge is 2.40. The maximum Gasteiger partial charge on any atom is 0.275 e. The summed E-state index contributed by atoms with van der Waals surface area (Å²) in [4.78, 5) is 25.6. The number of unbranched alkanes of at least 4 members (excludes halogenated alkanes) is 2. The summed E-state index contributed by atoms with van der Waals surface area (Å²) < 4.78 is 11.8. The van der Waals surface area contributed by atoms with Crippen molar-refractivity contribution in [3.05, 3.63) is 21.7 Å². The molecule has 7 heteroatoms. The highest BCUT2D eigenvalue weighted by molar-refractivity contribution is 8.72. The zero-order valence-corrected chi connectivity index (χ0v) is 12.5. The van der Waals surface area contributed by atoms with Crippen LogP contribution in [0.3, 0.4) is 0 Å². The van der Waals surface area contributed by atoms with Gasteiger partial charge < -0.3 is 10.2 Å². The molecular formula is C12H16N2O3S2. The van der Waals surface area contributed by atoms with Crippen LogP contribution in [0.1, 0.15) is 32.6 Å². The molecule has 5 nitrogen and oxygen atoms in total. The van der Waals surface area contributed by atoms with Gasteiger partial charge in [-0.1, -0.05) is 19.8 Å². The zero-order chi connectivity index (χ0) is 14.0. The minimum Gasteiger partial charge on any atom is -0.320 e. The average molecular weight is 300 g/mol. The van der Waals surface area contributed by atoms with E-state index in [1.54, 1.807) is 12.5 Å². The van der Waals surface area contributed by atoms with Crippen LogP contribution in [0.2, 0.25) is 0 Å². The second kappa shape index (κ2) is 5.92. The van der Waals surface area contributed by atoms with Gasteiger partial charge in [0.2, 0.25) is 5.91 Å². The molecule has 0 saturated carbocycles. The fraction of sp³-hybridized carbons (Fsp3) is 0.500. The van der Waals surface area contributed by atoms with Crippen molar-refractivity contribution in [2.75, 3.05) is 7.05 Å². The Kier molecular flexibility index (Phi) is 4.46. The molecule has 19 heavy (non-hydrogen) atoms. The Morgan fingerprint density at radius 2 is 2.21 bits per heavy atom. The van der Waals surface area contributed by atoms with Gasteiger partial charge in [-0.2, -0.15) is 0 Å². The number of carbonyl (C=O) groups is 2. The minimum atomic E-state index is -1.30. The predicted octanol–water partition coefficient (Wildman–Crippen LogP) is 1.62. The lowest BCUT2D eigenvalue weighted by Crippen LogP contribution is -2.30. The quantitative estimate of drug-likeness (QED) is 0.619. The van der Waals surface area contributed by atoms with Crippen LogP contribution in [-0.2, 0) is 19.4 Å². The number of hydrogen-bond donors (Lipinski definition) is 1. The van der Waals surface area contributed by atoms with E-state index in [-0.39, 0.29) is 17.5 Å². The Balaban J connectivity index is 2.10. The summed E-state index contributed by atoms with van der Waals surface area (Å²) in [5.41, 5.74) is 0.816. The summed E-state index contributed by atoms with van der Waals surface area (Å²) in [6, 6.07) is 0. The number of carbonyl (C=O) groups excluding carboxylic acids is 2. The maximum atomic E-state index is 12.0. The van der Waals surface area contributed by atoms with E-state index in [1.165, 1.54) is 4.90 Å². The third kappa shape index (κ3) is 2.76. The first-order chi connectivity index (χ1) is 9.06. The normalized spacial score (nSPS) is 21.8. The first-order valence-corrected chi connectivity index (χ1v) is 8.72. The third-order valence-corrected chi connectivity index (χ3v) is 5.58. The van der Waals surface area contributed by atoms with Crippen LogP contribution < -0.4 is 5.32 Å². The fourth-order valence-corrected chi connectivity index (χ4v) is 4.57. The average Bonchev–Trinajstić information content (AvgIpc) is 2.85. The van der Waals surface area contributed by atoms with Crippen molar-refractivity contribution in [2.45, 2.75) is 32.6 Å². The molecule has 2 heterocycles. The van der Waals surface area contributed by atoms with Crippen LogP contribution in [0, 0.1) is 0 Å². The molecule has 1 N–H and O–H groups in total.